The topological polar surface area (TPSA) is 47.1 Å². The molecule has 1 saturated heterocycles. The standard InChI is InChI=1S/C27H34N4O2/c32-26(30-18-10-22-6-1-3-8-24(22)30)12-16-28-14-5-15-29(21-20-28)17-13-27(33)31-19-11-23-7-2-4-9-25(23)31/h1-4,6-9H,5,10-21H2. The molecule has 0 saturated carbocycles. The number of carbonyl (C=O) groups excluding carboxylic acids is 2. The van der Waals surface area contributed by atoms with E-state index in [0.29, 0.717) is 12.8 Å². The van der Waals surface area contributed by atoms with Crippen LogP contribution in [0.4, 0.5) is 11.4 Å². The molecular formula is C27H34N4O2. The summed E-state index contributed by atoms with van der Waals surface area (Å²) in [6, 6.07) is 16.5. The fourth-order valence-electron chi connectivity index (χ4n) is 5.44. The van der Waals surface area contributed by atoms with Crippen molar-refractivity contribution in [1.82, 2.24) is 9.80 Å². The van der Waals surface area contributed by atoms with Crippen LogP contribution in [0.1, 0.15) is 30.4 Å². The van der Waals surface area contributed by atoms with Gasteiger partial charge in [-0.25, -0.2) is 0 Å². The maximum Gasteiger partial charge on any atom is 0.228 e. The van der Waals surface area contributed by atoms with Crippen molar-refractivity contribution in [3.05, 3.63) is 59.7 Å². The minimum atomic E-state index is 0.234. The van der Waals surface area contributed by atoms with Crippen LogP contribution in [0.3, 0.4) is 0 Å². The highest BCUT2D eigenvalue weighted by molar-refractivity contribution is 5.96. The maximum atomic E-state index is 12.8. The van der Waals surface area contributed by atoms with Gasteiger partial charge in [0.2, 0.25) is 11.8 Å². The van der Waals surface area contributed by atoms with Crippen molar-refractivity contribution in [3.63, 3.8) is 0 Å². The van der Waals surface area contributed by atoms with E-state index in [9.17, 15) is 9.59 Å². The van der Waals surface area contributed by atoms with E-state index in [1.54, 1.807) is 0 Å². The second kappa shape index (κ2) is 10.1. The summed E-state index contributed by atoms with van der Waals surface area (Å²) in [5, 5.41) is 0. The number of hydrogen-bond acceptors (Lipinski definition) is 4. The van der Waals surface area contributed by atoms with E-state index >= 15 is 0 Å². The first-order chi connectivity index (χ1) is 16.2. The van der Waals surface area contributed by atoms with Crippen LogP contribution in [0, 0.1) is 0 Å². The number of carbonyl (C=O) groups is 2. The Labute approximate surface area is 196 Å². The summed E-state index contributed by atoms with van der Waals surface area (Å²) in [6.45, 7) is 7.21. The second-order valence-corrected chi connectivity index (χ2v) is 9.39. The van der Waals surface area contributed by atoms with Crippen LogP contribution in [-0.2, 0) is 22.4 Å². The molecular weight excluding hydrogens is 412 g/mol. The highest BCUT2D eigenvalue weighted by Gasteiger charge is 2.26. The lowest BCUT2D eigenvalue weighted by Crippen LogP contribution is -2.37. The first-order valence-corrected chi connectivity index (χ1v) is 12.4. The van der Waals surface area contributed by atoms with Crippen molar-refractivity contribution in [2.24, 2.45) is 0 Å². The normalized spacial score (nSPS) is 18.8. The summed E-state index contributed by atoms with van der Waals surface area (Å²) >= 11 is 0. The number of fused-ring (bicyclic) bond motifs is 2. The van der Waals surface area contributed by atoms with Gasteiger partial charge in [0.25, 0.3) is 0 Å². The van der Waals surface area contributed by atoms with Gasteiger partial charge in [-0.05, 0) is 55.6 Å². The molecule has 174 valence electrons. The molecule has 0 spiro atoms. The Bertz CT molecular complexity index is 928. The number of hydrogen-bond donors (Lipinski definition) is 0. The molecule has 1 fully saturated rings. The summed E-state index contributed by atoms with van der Waals surface area (Å²) in [5.41, 5.74) is 4.75. The van der Waals surface area contributed by atoms with Crippen molar-refractivity contribution >= 4 is 23.2 Å². The number of anilines is 2. The summed E-state index contributed by atoms with van der Waals surface area (Å²) in [6.07, 6.45) is 4.15. The quantitative estimate of drug-likeness (QED) is 0.685. The van der Waals surface area contributed by atoms with Crippen molar-refractivity contribution in [3.8, 4) is 0 Å². The van der Waals surface area contributed by atoms with Crippen LogP contribution in [0.5, 0.6) is 0 Å². The number of para-hydroxylation sites is 2. The minimum absolute atomic E-state index is 0.234. The Morgan fingerprint density at radius 3 is 1.55 bits per heavy atom. The molecule has 5 rings (SSSR count). The largest absolute Gasteiger partial charge is 0.312 e. The highest BCUT2D eigenvalue weighted by Crippen LogP contribution is 2.29. The zero-order valence-corrected chi connectivity index (χ0v) is 19.4. The van der Waals surface area contributed by atoms with Gasteiger partial charge in [-0.3, -0.25) is 9.59 Å². The fourth-order valence-corrected chi connectivity index (χ4v) is 5.44. The van der Waals surface area contributed by atoms with Gasteiger partial charge in [0, 0.05) is 63.5 Å². The van der Waals surface area contributed by atoms with E-state index < -0.39 is 0 Å². The average Bonchev–Trinajstić information content (AvgIpc) is 3.40. The zero-order chi connectivity index (χ0) is 22.6. The zero-order valence-electron chi connectivity index (χ0n) is 19.4. The Morgan fingerprint density at radius 2 is 1.06 bits per heavy atom. The predicted octanol–water partition coefficient (Wildman–Crippen LogP) is 2.95. The lowest BCUT2D eigenvalue weighted by molar-refractivity contribution is -0.119. The van der Waals surface area contributed by atoms with Gasteiger partial charge in [-0.2, -0.15) is 0 Å². The minimum Gasteiger partial charge on any atom is -0.312 e. The number of benzene rings is 2. The first kappa shape index (κ1) is 22.1. The molecule has 0 bridgehead atoms. The van der Waals surface area contributed by atoms with E-state index in [1.165, 1.54) is 11.1 Å². The van der Waals surface area contributed by atoms with E-state index in [2.05, 4.69) is 34.1 Å². The second-order valence-electron chi connectivity index (χ2n) is 9.39. The third kappa shape index (κ3) is 4.97. The van der Waals surface area contributed by atoms with Gasteiger partial charge in [-0.15, -0.1) is 0 Å². The molecule has 0 unspecified atom stereocenters. The SMILES string of the molecule is O=C(CCN1CCCN(CCC(=O)N2CCc3ccccc32)CC1)N1CCc2ccccc21. The molecule has 2 aromatic rings. The Kier molecular flexibility index (Phi) is 6.74. The van der Waals surface area contributed by atoms with Crippen molar-refractivity contribution < 1.29 is 9.59 Å². The van der Waals surface area contributed by atoms with Gasteiger partial charge in [0.1, 0.15) is 0 Å². The number of nitrogens with zero attached hydrogens (tertiary/aromatic N) is 4. The van der Waals surface area contributed by atoms with Gasteiger partial charge >= 0.3 is 0 Å². The molecule has 6 heteroatoms. The number of amides is 2. The van der Waals surface area contributed by atoms with Crippen LogP contribution in [-0.4, -0.2) is 74.0 Å². The van der Waals surface area contributed by atoms with Crippen molar-refractivity contribution in [1.29, 1.82) is 0 Å². The average molecular weight is 447 g/mol. The lowest BCUT2D eigenvalue weighted by atomic mass is 10.2. The Morgan fingerprint density at radius 1 is 0.606 bits per heavy atom. The fraction of sp³-hybridized carbons (Fsp3) is 0.481. The van der Waals surface area contributed by atoms with Crippen LogP contribution in [0.25, 0.3) is 0 Å². The van der Waals surface area contributed by atoms with Crippen LogP contribution < -0.4 is 9.80 Å². The Balaban J connectivity index is 1.06. The van der Waals surface area contributed by atoms with Crippen LogP contribution >= 0.6 is 0 Å². The molecule has 0 N–H and O–H groups in total. The summed E-state index contributed by atoms with van der Waals surface area (Å²) in [4.78, 5) is 34.4. The van der Waals surface area contributed by atoms with E-state index in [-0.39, 0.29) is 11.8 Å². The van der Waals surface area contributed by atoms with Gasteiger partial charge in [-0.1, -0.05) is 36.4 Å². The van der Waals surface area contributed by atoms with Crippen molar-refractivity contribution in [2.45, 2.75) is 32.1 Å². The van der Waals surface area contributed by atoms with Crippen LogP contribution in [0.2, 0.25) is 0 Å². The maximum absolute atomic E-state index is 12.8. The van der Waals surface area contributed by atoms with E-state index in [1.807, 2.05) is 34.1 Å². The molecule has 3 aliphatic heterocycles. The molecule has 3 heterocycles. The molecule has 3 aliphatic rings. The molecule has 0 atom stereocenters. The van der Waals surface area contributed by atoms with Crippen LogP contribution in [0.15, 0.2) is 48.5 Å². The van der Waals surface area contributed by atoms with Crippen molar-refractivity contribution in [2.75, 3.05) is 62.2 Å². The van der Waals surface area contributed by atoms with E-state index in [0.717, 1.165) is 83.0 Å². The smallest absolute Gasteiger partial charge is 0.228 e. The first-order valence-electron chi connectivity index (χ1n) is 12.4. The predicted molar refractivity (Wildman–Crippen MR) is 132 cm³/mol. The molecule has 2 amide bonds. The monoisotopic (exact) mass is 446 g/mol. The molecule has 0 radical (unpaired) electrons. The van der Waals surface area contributed by atoms with Gasteiger partial charge in [0.15, 0.2) is 0 Å². The molecule has 0 aliphatic carbocycles. The molecule has 0 aromatic heterocycles. The highest BCUT2D eigenvalue weighted by atomic mass is 16.2. The Hall–Kier alpha value is -2.70. The third-order valence-electron chi connectivity index (χ3n) is 7.34. The molecule has 6 nitrogen and oxygen atoms in total. The summed E-state index contributed by atoms with van der Waals surface area (Å²) in [7, 11) is 0. The lowest BCUT2D eigenvalue weighted by Gasteiger charge is -2.24. The number of rotatable bonds is 6. The summed E-state index contributed by atoms with van der Waals surface area (Å²) in [5.74, 6) is 0.468. The molecule has 2 aromatic carbocycles. The van der Waals surface area contributed by atoms with E-state index in [4.69, 9.17) is 0 Å². The molecule has 33 heavy (non-hydrogen) atoms. The third-order valence-corrected chi connectivity index (χ3v) is 7.34. The van der Waals surface area contributed by atoms with Gasteiger partial charge in [0.05, 0.1) is 0 Å². The summed E-state index contributed by atoms with van der Waals surface area (Å²) < 4.78 is 0. The van der Waals surface area contributed by atoms with Gasteiger partial charge < -0.3 is 19.6 Å².